The molecule has 3 rings (SSSR count). The van der Waals surface area contributed by atoms with Crippen LogP contribution in [0.3, 0.4) is 0 Å². The summed E-state index contributed by atoms with van der Waals surface area (Å²) >= 11 is 6.20. The van der Waals surface area contributed by atoms with Crippen molar-refractivity contribution >= 4 is 29.1 Å². The second kappa shape index (κ2) is 7.11. The number of carbonyl (C=O) groups is 2. The molecular weight excluding hydrogens is 326 g/mol. The van der Waals surface area contributed by atoms with Crippen LogP contribution in [0.25, 0.3) is 0 Å². The van der Waals surface area contributed by atoms with E-state index in [-0.39, 0.29) is 23.8 Å². The quantitative estimate of drug-likeness (QED) is 0.764. The first-order chi connectivity index (χ1) is 11.5. The molecule has 1 aromatic rings. The molecule has 0 radical (unpaired) electrons. The Kier molecular flexibility index (Phi) is 5.11. The van der Waals surface area contributed by atoms with E-state index < -0.39 is 0 Å². The van der Waals surface area contributed by atoms with Gasteiger partial charge in [-0.15, -0.1) is 0 Å². The van der Waals surface area contributed by atoms with E-state index in [4.69, 9.17) is 17.3 Å². The molecule has 6 heteroatoms. The maximum Gasteiger partial charge on any atom is 0.252 e. The van der Waals surface area contributed by atoms with Crippen molar-refractivity contribution in [2.45, 2.75) is 38.6 Å². The molecule has 1 aromatic carbocycles. The highest BCUT2D eigenvalue weighted by Gasteiger charge is 2.49. The molecule has 4 atom stereocenters. The smallest absolute Gasteiger partial charge is 0.252 e. The normalized spacial score (nSPS) is 28.0. The Morgan fingerprint density at radius 3 is 2.67 bits per heavy atom. The third kappa shape index (κ3) is 3.28. The number of carbonyl (C=O) groups excluding carboxylic acids is 2. The van der Waals surface area contributed by atoms with E-state index in [0.29, 0.717) is 34.7 Å². The summed E-state index contributed by atoms with van der Waals surface area (Å²) in [6, 6.07) is 4.94. The first kappa shape index (κ1) is 17.2. The number of rotatable bonds is 5. The van der Waals surface area contributed by atoms with Crippen molar-refractivity contribution in [1.29, 1.82) is 0 Å². The van der Waals surface area contributed by atoms with Crippen LogP contribution in [0.2, 0.25) is 5.02 Å². The topological polar surface area (TPSA) is 84.2 Å². The summed E-state index contributed by atoms with van der Waals surface area (Å²) in [7, 11) is 0. The Morgan fingerprint density at radius 1 is 1.29 bits per heavy atom. The second-order valence-corrected chi connectivity index (χ2v) is 7.28. The molecule has 0 heterocycles. The molecule has 2 aliphatic rings. The van der Waals surface area contributed by atoms with Crippen molar-refractivity contribution in [3.8, 4) is 0 Å². The minimum absolute atomic E-state index is 0.0334. The number of nitrogens with one attached hydrogen (secondary N) is 2. The summed E-state index contributed by atoms with van der Waals surface area (Å²) in [5.41, 5.74) is 7.24. The molecule has 4 N–H and O–H groups in total. The van der Waals surface area contributed by atoms with Crippen molar-refractivity contribution in [3.05, 3.63) is 28.8 Å². The van der Waals surface area contributed by atoms with E-state index in [2.05, 4.69) is 10.6 Å². The van der Waals surface area contributed by atoms with Gasteiger partial charge >= 0.3 is 0 Å². The number of halogens is 1. The molecule has 2 aliphatic carbocycles. The maximum absolute atomic E-state index is 12.6. The number of fused-ring (bicyclic) bond motifs is 2. The van der Waals surface area contributed by atoms with Gasteiger partial charge in [-0.25, -0.2) is 0 Å². The van der Waals surface area contributed by atoms with Gasteiger partial charge in [0.05, 0.1) is 16.5 Å². The zero-order chi connectivity index (χ0) is 17.3. The molecule has 130 valence electrons. The third-order valence-corrected chi connectivity index (χ3v) is 5.61. The van der Waals surface area contributed by atoms with Crippen LogP contribution in [0.15, 0.2) is 18.2 Å². The Bertz CT molecular complexity index is 647. The average molecular weight is 350 g/mol. The summed E-state index contributed by atoms with van der Waals surface area (Å²) in [5, 5.41) is 6.04. The standard InChI is InChI=1S/C18H24ClN3O2/c1-2-7-21-17(23)13-6-5-12(9-14(13)19)22-18(24)15-10-3-4-11(8-10)16(15)20/h5-6,9-11,15-16H,2-4,7-8,20H2,1H3,(H,21,23)(H,22,24). The Balaban J connectivity index is 1.66. The van der Waals surface area contributed by atoms with Gasteiger partial charge in [0, 0.05) is 18.3 Å². The van der Waals surface area contributed by atoms with Crippen molar-refractivity contribution in [2.75, 3.05) is 11.9 Å². The number of amides is 2. The molecule has 0 spiro atoms. The van der Waals surface area contributed by atoms with Gasteiger partial charge in [0.15, 0.2) is 0 Å². The van der Waals surface area contributed by atoms with Crippen LogP contribution >= 0.6 is 11.6 Å². The SMILES string of the molecule is CCCNC(=O)c1ccc(NC(=O)C2C3CCC(C3)C2N)cc1Cl. The van der Waals surface area contributed by atoms with E-state index in [0.717, 1.165) is 25.7 Å². The molecule has 2 fully saturated rings. The van der Waals surface area contributed by atoms with Crippen molar-refractivity contribution in [1.82, 2.24) is 5.32 Å². The van der Waals surface area contributed by atoms with Gasteiger partial charge in [0.25, 0.3) is 5.91 Å². The molecule has 2 saturated carbocycles. The molecule has 24 heavy (non-hydrogen) atoms. The van der Waals surface area contributed by atoms with Crippen LogP contribution in [0.4, 0.5) is 5.69 Å². The Morgan fingerprint density at radius 2 is 2.04 bits per heavy atom. The van der Waals surface area contributed by atoms with E-state index in [1.165, 1.54) is 0 Å². The highest BCUT2D eigenvalue weighted by atomic mass is 35.5. The van der Waals surface area contributed by atoms with Gasteiger partial charge in [0.1, 0.15) is 0 Å². The zero-order valence-corrected chi connectivity index (χ0v) is 14.6. The van der Waals surface area contributed by atoms with Crippen molar-refractivity contribution in [2.24, 2.45) is 23.5 Å². The van der Waals surface area contributed by atoms with Crippen LogP contribution in [-0.2, 0) is 4.79 Å². The molecular formula is C18H24ClN3O2. The van der Waals surface area contributed by atoms with Gasteiger partial charge < -0.3 is 16.4 Å². The summed E-state index contributed by atoms with van der Waals surface area (Å²) in [6.45, 7) is 2.59. The monoisotopic (exact) mass is 349 g/mol. The van der Waals surface area contributed by atoms with Crippen molar-refractivity contribution < 1.29 is 9.59 Å². The fraction of sp³-hybridized carbons (Fsp3) is 0.556. The first-order valence-electron chi connectivity index (χ1n) is 8.65. The fourth-order valence-corrected chi connectivity index (χ4v) is 4.33. The van der Waals surface area contributed by atoms with Crippen LogP contribution in [0, 0.1) is 17.8 Å². The minimum Gasteiger partial charge on any atom is -0.352 e. The van der Waals surface area contributed by atoms with E-state index in [1.807, 2.05) is 6.92 Å². The highest BCUT2D eigenvalue weighted by molar-refractivity contribution is 6.34. The number of benzene rings is 1. The fourth-order valence-electron chi connectivity index (χ4n) is 4.06. The lowest BCUT2D eigenvalue weighted by molar-refractivity contribution is -0.121. The predicted molar refractivity (Wildman–Crippen MR) is 95.0 cm³/mol. The number of hydrogen-bond donors (Lipinski definition) is 3. The van der Waals surface area contributed by atoms with E-state index >= 15 is 0 Å². The number of nitrogens with two attached hydrogens (primary N) is 1. The summed E-state index contributed by atoms with van der Waals surface area (Å²) in [6.07, 6.45) is 4.16. The Labute approximate surface area is 147 Å². The molecule has 0 aromatic heterocycles. The zero-order valence-electron chi connectivity index (χ0n) is 13.8. The summed E-state index contributed by atoms with van der Waals surface area (Å²) < 4.78 is 0. The second-order valence-electron chi connectivity index (χ2n) is 6.88. The number of anilines is 1. The summed E-state index contributed by atoms with van der Waals surface area (Å²) in [5.74, 6) is 0.539. The third-order valence-electron chi connectivity index (χ3n) is 5.30. The lowest BCUT2D eigenvalue weighted by Crippen LogP contribution is -2.42. The molecule has 5 nitrogen and oxygen atoms in total. The first-order valence-corrected chi connectivity index (χ1v) is 9.03. The van der Waals surface area contributed by atoms with Gasteiger partial charge in [-0.3, -0.25) is 9.59 Å². The average Bonchev–Trinajstić information content (AvgIpc) is 3.13. The molecule has 4 unspecified atom stereocenters. The lowest BCUT2D eigenvalue weighted by Gasteiger charge is -2.27. The van der Waals surface area contributed by atoms with Crippen LogP contribution < -0.4 is 16.4 Å². The molecule has 2 amide bonds. The minimum atomic E-state index is -0.199. The molecule has 0 saturated heterocycles. The molecule has 0 aliphatic heterocycles. The van der Waals surface area contributed by atoms with Gasteiger partial charge in [-0.1, -0.05) is 18.5 Å². The van der Waals surface area contributed by atoms with Crippen LogP contribution in [0.5, 0.6) is 0 Å². The highest BCUT2D eigenvalue weighted by Crippen LogP contribution is 2.47. The molecule has 2 bridgehead atoms. The van der Waals surface area contributed by atoms with Gasteiger partial charge in [-0.05, 0) is 55.7 Å². The van der Waals surface area contributed by atoms with Crippen LogP contribution in [0.1, 0.15) is 43.0 Å². The van der Waals surface area contributed by atoms with Crippen LogP contribution in [-0.4, -0.2) is 24.4 Å². The van der Waals surface area contributed by atoms with Gasteiger partial charge in [0.2, 0.25) is 5.91 Å². The predicted octanol–water partition coefficient (Wildman–Crippen LogP) is 2.79. The van der Waals surface area contributed by atoms with E-state index in [1.54, 1.807) is 18.2 Å². The summed E-state index contributed by atoms with van der Waals surface area (Å²) in [4.78, 5) is 24.6. The Hall–Kier alpha value is -1.59. The lowest BCUT2D eigenvalue weighted by atomic mass is 9.84. The van der Waals surface area contributed by atoms with Crippen molar-refractivity contribution in [3.63, 3.8) is 0 Å². The number of hydrogen-bond acceptors (Lipinski definition) is 3. The maximum atomic E-state index is 12.6. The largest absolute Gasteiger partial charge is 0.352 e. The van der Waals surface area contributed by atoms with E-state index in [9.17, 15) is 9.59 Å². The van der Waals surface area contributed by atoms with Gasteiger partial charge in [-0.2, -0.15) is 0 Å².